The SMILES string of the molecule is CCOc1ccc(C(O)Cc2cc(C)ccc2OC)cc1. The van der Waals surface area contributed by atoms with Crippen LogP contribution in [0.2, 0.25) is 0 Å². The topological polar surface area (TPSA) is 38.7 Å². The van der Waals surface area contributed by atoms with Gasteiger partial charge in [0.25, 0.3) is 0 Å². The van der Waals surface area contributed by atoms with E-state index in [1.54, 1.807) is 7.11 Å². The summed E-state index contributed by atoms with van der Waals surface area (Å²) >= 11 is 0. The molecule has 0 amide bonds. The minimum Gasteiger partial charge on any atom is -0.496 e. The fourth-order valence-electron chi connectivity index (χ4n) is 2.35. The van der Waals surface area contributed by atoms with Gasteiger partial charge in [0.15, 0.2) is 0 Å². The van der Waals surface area contributed by atoms with Gasteiger partial charge in [-0.3, -0.25) is 0 Å². The molecule has 1 N–H and O–H groups in total. The third-order valence-electron chi connectivity index (χ3n) is 3.43. The van der Waals surface area contributed by atoms with Gasteiger partial charge in [-0.1, -0.05) is 29.8 Å². The number of aryl methyl sites for hydroxylation is 1. The lowest BCUT2D eigenvalue weighted by Crippen LogP contribution is -2.04. The summed E-state index contributed by atoms with van der Waals surface area (Å²) in [6.07, 6.45) is -0.0323. The number of methoxy groups -OCH3 is 1. The third kappa shape index (κ3) is 3.99. The summed E-state index contributed by atoms with van der Waals surface area (Å²) in [7, 11) is 1.65. The first kappa shape index (κ1) is 15.4. The van der Waals surface area contributed by atoms with Crippen LogP contribution in [0.4, 0.5) is 0 Å². The summed E-state index contributed by atoms with van der Waals surface area (Å²) in [6.45, 7) is 4.63. The molecule has 1 unspecified atom stereocenters. The molecule has 0 aromatic heterocycles. The predicted octanol–water partition coefficient (Wildman–Crippen LogP) is 3.68. The Labute approximate surface area is 126 Å². The van der Waals surface area contributed by atoms with Crippen LogP contribution in [0.15, 0.2) is 42.5 Å². The molecule has 0 heterocycles. The van der Waals surface area contributed by atoms with Crippen molar-refractivity contribution in [2.24, 2.45) is 0 Å². The summed E-state index contributed by atoms with van der Waals surface area (Å²) in [4.78, 5) is 0. The molecular formula is C18H22O3. The van der Waals surface area contributed by atoms with E-state index < -0.39 is 6.10 Å². The highest BCUT2D eigenvalue weighted by molar-refractivity contribution is 5.38. The van der Waals surface area contributed by atoms with Crippen molar-refractivity contribution in [1.29, 1.82) is 0 Å². The Hall–Kier alpha value is -2.00. The van der Waals surface area contributed by atoms with Gasteiger partial charge in [-0.2, -0.15) is 0 Å². The van der Waals surface area contributed by atoms with Crippen molar-refractivity contribution < 1.29 is 14.6 Å². The maximum Gasteiger partial charge on any atom is 0.122 e. The van der Waals surface area contributed by atoms with Crippen LogP contribution in [0, 0.1) is 6.92 Å². The van der Waals surface area contributed by atoms with Crippen LogP contribution in [0.5, 0.6) is 11.5 Å². The Morgan fingerprint density at radius 3 is 2.43 bits per heavy atom. The standard InChI is InChI=1S/C18H22O3/c1-4-21-16-8-6-14(7-9-16)17(19)12-15-11-13(2)5-10-18(15)20-3/h5-11,17,19H,4,12H2,1-3H3. The molecule has 0 aliphatic rings. The molecule has 1 atom stereocenters. The fraction of sp³-hybridized carbons (Fsp3) is 0.333. The second-order valence-corrected chi connectivity index (χ2v) is 5.04. The Kier molecular flexibility index (Phi) is 5.23. The van der Waals surface area contributed by atoms with Crippen molar-refractivity contribution in [3.8, 4) is 11.5 Å². The van der Waals surface area contributed by atoms with Gasteiger partial charge in [0, 0.05) is 6.42 Å². The molecule has 0 saturated heterocycles. The van der Waals surface area contributed by atoms with Crippen LogP contribution < -0.4 is 9.47 Å². The highest BCUT2D eigenvalue weighted by Gasteiger charge is 2.12. The number of aliphatic hydroxyl groups is 1. The van der Waals surface area contributed by atoms with Crippen molar-refractivity contribution in [2.75, 3.05) is 13.7 Å². The van der Waals surface area contributed by atoms with E-state index in [1.807, 2.05) is 50.2 Å². The molecule has 0 radical (unpaired) electrons. The summed E-state index contributed by atoms with van der Waals surface area (Å²) in [5, 5.41) is 10.4. The molecule has 0 aliphatic heterocycles. The van der Waals surface area contributed by atoms with Crippen molar-refractivity contribution >= 4 is 0 Å². The first-order valence-corrected chi connectivity index (χ1v) is 7.18. The van der Waals surface area contributed by atoms with Crippen LogP contribution >= 0.6 is 0 Å². The van der Waals surface area contributed by atoms with Gasteiger partial charge < -0.3 is 14.6 Å². The lowest BCUT2D eigenvalue weighted by Gasteiger charge is -2.15. The number of ether oxygens (including phenoxy) is 2. The van der Waals surface area contributed by atoms with Crippen LogP contribution in [0.3, 0.4) is 0 Å². The Morgan fingerprint density at radius 1 is 1.10 bits per heavy atom. The van der Waals surface area contributed by atoms with E-state index in [-0.39, 0.29) is 0 Å². The Balaban J connectivity index is 2.13. The molecule has 0 bridgehead atoms. The zero-order chi connectivity index (χ0) is 15.2. The summed E-state index contributed by atoms with van der Waals surface area (Å²) in [5.41, 5.74) is 3.05. The smallest absolute Gasteiger partial charge is 0.122 e. The van der Waals surface area contributed by atoms with Gasteiger partial charge >= 0.3 is 0 Å². The van der Waals surface area contributed by atoms with Gasteiger partial charge in [-0.15, -0.1) is 0 Å². The number of benzene rings is 2. The fourth-order valence-corrected chi connectivity index (χ4v) is 2.35. The van der Waals surface area contributed by atoms with Crippen molar-refractivity contribution in [2.45, 2.75) is 26.4 Å². The molecule has 0 aliphatic carbocycles. The number of hydrogen-bond acceptors (Lipinski definition) is 3. The van der Waals surface area contributed by atoms with Crippen molar-refractivity contribution in [3.63, 3.8) is 0 Å². The highest BCUT2D eigenvalue weighted by atomic mass is 16.5. The third-order valence-corrected chi connectivity index (χ3v) is 3.43. The van der Waals surface area contributed by atoms with E-state index in [2.05, 4.69) is 6.07 Å². The van der Waals surface area contributed by atoms with E-state index in [0.29, 0.717) is 13.0 Å². The quantitative estimate of drug-likeness (QED) is 0.880. The molecule has 2 aromatic rings. The van der Waals surface area contributed by atoms with Crippen LogP contribution in [0.25, 0.3) is 0 Å². The van der Waals surface area contributed by atoms with Crippen molar-refractivity contribution in [1.82, 2.24) is 0 Å². The number of aliphatic hydroxyl groups excluding tert-OH is 1. The summed E-state index contributed by atoms with van der Waals surface area (Å²) in [6, 6.07) is 13.6. The van der Waals surface area contributed by atoms with Gasteiger partial charge in [-0.05, 0) is 43.2 Å². The lowest BCUT2D eigenvalue weighted by atomic mass is 9.99. The van der Waals surface area contributed by atoms with Gasteiger partial charge in [-0.25, -0.2) is 0 Å². The zero-order valence-electron chi connectivity index (χ0n) is 12.8. The molecule has 2 rings (SSSR count). The average Bonchev–Trinajstić information content (AvgIpc) is 2.48. The molecule has 3 heteroatoms. The Morgan fingerprint density at radius 2 is 1.81 bits per heavy atom. The second kappa shape index (κ2) is 7.14. The maximum absolute atomic E-state index is 10.4. The molecular weight excluding hydrogens is 264 g/mol. The molecule has 21 heavy (non-hydrogen) atoms. The molecule has 0 saturated carbocycles. The predicted molar refractivity (Wildman–Crippen MR) is 84.0 cm³/mol. The van der Waals surface area contributed by atoms with E-state index in [0.717, 1.165) is 28.2 Å². The summed E-state index contributed by atoms with van der Waals surface area (Å²) in [5.74, 6) is 1.63. The van der Waals surface area contributed by atoms with Crippen LogP contribution in [0.1, 0.15) is 29.7 Å². The molecule has 0 fully saturated rings. The second-order valence-electron chi connectivity index (χ2n) is 5.04. The zero-order valence-corrected chi connectivity index (χ0v) is 12.8. The molecule has 3 nitrogen and oxygen atoms in total. The van der Waals surface area contributed by atoms with E-state index in [9.17, 15) is 5.11 Å². The monoisotopic (exact) mass is 286 g/mol. The van der Waals surface area contributed by atoms with Gasteiger partial charge in [0.1, 0.15) is 11.5 Å². The molecule has 0 spiro atoms. The first-order valence-electron chi connectivity index (χ1n) is 7.18. The minimum atomic E-state index is -0.559. The van der Waals surface area contributed by atoms with Gasteiger partial charge in [0.05, 0.1) is 19.8 Å². The number of hydrogen-bond donors (Lipinski definition) is 1. The van der Waals surface area contributed by atoms with E-state index in [1.165, 1.54) is 0 Å². The molecule has 2 aromatic carbocycles. The molecule has 112 valence electrons. The first-order chi connectivity index (χ1) is 10.1. The Bertz CT molecular complexity index is 576. The van der Waals surface area contributed by atoms with Gasteiger partial charge in [0.2, 0.25) is 0 Å². The minimum absolute atomic E-state index is 0.527. The largest absolute Gasteiger partial charge is 0.496 e. The highest BCUT2D eigenvalue weighted by Crippen LogP contribution is 2.27. The van der Waals surface area contributed by atoms with Crippen molar-refractivity contribution in [3.05, 3.63) is 59.2 Å². The average molecular weight is 286 g/mol. The lowest BCUT2D eigenvalue weighted by molar-refractivity contribution is 0.177. The normalized spacial score (nSPS) is 12.0. The van der Waals surface area contributed by atoms with E-state index in [4.69, 9.17) is 9.47 Å². The number of rotatable bonds is 6. The maximum atomic E-state index is 10.4. The van der Waals surface area contributed by atoms with Crippen LogP contribution in [-0.4, -0.2) is 18.8 Å². The van der Waals surface area contributed by atoms with E-state index >= 15 is 0 Å². The summed E-state index contributed by atoms with van der Waals surface area (Å²) < 4.78 is 10.8. The van der Waals surface area contributed by atoms with Crippen LogP contribution in [-0.2, 0) is 6.42 Å².